The first kappa shape index (κ1) is 27.8. The number of amides is 2. The summed E-state index contributed by atoms with van der Waals surface area (Å²) in [7, 11) is 0. The van der Waals surface area contributed by atoms with Crippen molar-refractivity contribution in [1.82, 2.24) is 15.6 Å². The van der Waals surface area contributed by atoms with Gasteiger partial charge >= 0.3 is 0 Å². The van der Waals surface area contributed by atoms with Crippen LogP contribution in [0.2, 0.25) is 0 Å². The van der Waals surface area contributed by atoms with E-state index in [1.54, 1.807) is 0 Å². The van der Waals surface area contributed by atoms with E-state index < -0.39 is 0 Å². The van der Waals surface area contributed by atoms with Crippen molar-refractivity contribution >= 4 is 29.3 Å². The van der Waals surface area contributed by atoms with Gasteiger partial charge in [0.1, 0.15) is 0 Å². The van der Waals surface area contributed by atoms with E-state index >= 15 is 0 Å². The fraction of sp³-hybridized carbons (Fsp3) is 0.519. The van der Waals surface area contributed by atoms with Crippen molar-refractivity contribution in [3.05, 3.63) is 56.5 Å². The first-order valence-electron chi connectivity index (χ1n) is 12.6. The second-order valence-corrected chi connectivity index (χ2v) is 9.91. The number of hydrogen-bond acceptors (Lipinski definition) is 6. The number of anilines is 1. The van der Waals surface area contributed by atoms with Gasteiger partial charge in [-0.1, -0.05) is 6.92 Å². The molecule has 0 radical (unpaired) electrons. The Morgan fingerprint density at radius 3 is 2.47 bits per heavy atom. The molecule has 1 aromatic heterocycles. The van der Waals surface area contributed by atoms with Crippen LogP contribution in [0.15, 0.2) is 27.9 Å². The Balaban J connectivity index is 1.94. The largest absolute Gasteiger partial charge is 0.381 e. The van der Waals surface area contributed by atoms with Crippen LogP contribution >= 0.6 is 11.8 Å². The molecular weight excluding hydrogens is 476 g/mol. The molecule has 36 heavy (non-hydrogen) atoms. The van der Waals surface area contributed by atoms with Gasteiger partial charge in [-0.05, 0) is 69.2 Å². The lowest BCUT2D eigenvalue weighted by Gasteiger charge is -2.37. The summed E-state index contributed by atoms with van der Waals surface area (Å²) < 4.78 is 5.57. The van der Waals surface area contributed by atoms with Gasteiger partial charge in [0, 0.05) is 72.7 Å². The highest BCUT2D eigenvalue weighted by molar-refractivity contribution is 7.98. The number of aromatic nitrogens is 1. The predicted octanol–water partition coefficient (Wildman–Crippen LogP) is 3.68. The summed E-state index contributed by atoms with van der Waals surface area (Å²) in [4.78, 5) is 43.9. The lowest BCUT2D eigenvalue weighted by Crippen LogP contribution is -2.40. The van der Waals surface area contributed by atoms with Crippen LogP contribution in [0.3, 0.4) is 0 Å². The van der Waals surface area contributed by atoms with Crippen LogP contribution < -0.4 is 21.1 Å². The zero-order chi connectivity index (χ0) is 26.2. The molecular formula is C27H38N4O4S. The number of pyridine rings is 1. The Hall–Kier alpha value is -2.78. The van der Waals surface area contributed by atoms with Gasteiger partial charge in [0.25, 0.3) is 11.5 Å². The van der Waals surface area contributed by atoms with Crippen LogP contribution in [0.1, 0.15) is 65.9 Å². The molecule has 0 bridgehead atoms. The average Bonchev–Trinajstić information content (AvgIpc) is 2.88. The molecule has 0 saturated carbocycles. The second-order valence-electron chi connectivity index (χ2n) is 9.06. The minimum Gasteiger partial charge on any atom is -0.381 e. The molecule has 0 unspecified atom stereocenters. The molecule has 1 fully saturated rings. The van der Waals surface area contributed by atoms with Crippen LogP contribution in [0.25, 0.3) is 0 Å². The molecule has 0 aliphatic carbocycles. The molecule has 1 aliphatic heterocycles. The van der Waals surface area contributed by atoms with Crippen LogP contribution in [0, 0.1) is 13.8 Å². The topological polar surface area (TPSA) is 104 Å². The van der Waals surface area contributed by atoms with Gasteiger partial charge in [0.2, 0.25) is 5.91 Å². The third kappa shape index (κ3) is 6.70. The average molecular weight is 515 g/mol. The maximum absolute atomic E-state index is 13.4. The van der Waals surface area contributed by atoms with Crippen LogP contribution in [-0.2, 0) is 22.6 Å². The maximum atomic E-state index is 13.4. The number of hydrogen-bond donors (Lipinski definition) is 3. The summed E-state index contributed by atoms with van der Waals surface area (Å²) in [6, 6.07) is 6.17. The Morgan fingerprint density at radius 2 is 1.83 bits per heavy atom. The summed E-state index contributed by atoms with van der Waals surface area (Å²) in [6.45, 7) is 10.5. The van der Waals surface area contributed by atoms with E-state index in [9.17, 15) is 14.4 Å². The molecule has 9 heteroatoms. The smallest absolute Gasteiger partial charge is 0.254 e. The van der Waals surface area contributed by atoms with Gasteiger partial charge in [-0.2, -0.15) is 0 Å². The molecule has 8 nitrogen and oxygen atoms in total. The van der Waals surface area contributed by atoms with Gasteiger partial charge < -0.3 is 25.3 Å². The van der Waals surface area contributed by atoms with Crippen molar-refractivity contribution < 1.29 is 14.3 Å². The van der Waals surface area contributed by atoms with Gasteiger partial charge in [-0.3, -0.25) is 14.4 Å². The SMILES string of the molecule is CCC(=O)NCc1cc(C(=O)NCc2c(SC)cc(C)[nH]c2=O)c(C)c(N(CC)C2CCOCC2)c1. The standard InChI is InChI=1S/C27H38N4O4S/c1-6-25(32)28-15-19-13-21(18(4)23(14-19)31(7-2)20-8-10-35-11-9-20)26(33)29-16-22-24(36-5)12-17(3)30-27(22)34/h12-14,20H,6-11,15-16H2,1-5H3,(H,28,32)(H,29,33)(H,30,34). The summed E-state index contributed by atoms with van der Waals surface area (Å²) >= 11 is 1.48. The van der Waals surface area contributed by atoms with Crippen molar-refractivity contribution in [3.8, 4) is 0 Å². The van der Waals surface area contributed by atoms with Gasteiger partial charge in [0.15, 0.2) is 0 Å². The molecule has 2 heterocycles. The first-order chi connectivity index (χ1) is 17.3. The Kier molecular flexibility index (Phi) is 10.0. The highest BCUT2D eigenvalue weighted by Gasteiger charge is 2.25. The number of aromatic amines is 1. The van der Waals surface area contributed by atoms with Gasteiger partial charge in [-0.25, -0.2) is 0 Å². The highest BCUT2D eigenvalue weighted by Crippen LogP contribution is 2.30. The van der Waals surface area contributed by atoms with Gasteiger partial charge in [-0.15, -0.1) is 11.8 Å². The fourth-order valence-corrected chi connectivity index (χ4v) is 5.35. The Morgan fingerprint density at radius 1 is 1.11 bits per heavy atom. The van der Waals surface area contributed by atoms with E-state index in [1.165, 1.54) is 11.8 Å². The predicted molar refractivity (Wildman–Crippen MR) is 145 cm³/mol. The number of rotatable bonds is 10. The number of carbonyl (C=O) groups is 2. The molecule has 1 aliphatic rings. The number of thioether (sulfide) groups is 1. The second kappa shape index (κ2) is 13.0. The number of ether oxygens (including phenoxy) is 1. The van der Waals surface area contributed by atoms with Crippen molar-refractivity contribution in [2.24, 2.45) is 0 Å². The van der Waals surface area contributed by atoms with E-state index in [2.05, 4.69) is 33.5 Å². The van der Waals surface area contributed by atoms with Crippen LogP contribution in [0.5, 0.6) is 0 Å². The molecule has 0 atom stereocenters. The minimum absolute atomic E-state index is 0.0388. The number of carbonyl (C=O) groups excluding carboxylic acids is 2. The first-order valence-corrected chi connectivity index (χ1v) is 13.8. The van der Waals surface area contributed by atoms with Gasteiger partial charge in [0.05, 0.1) is 0 Å². The molecule has 1 saturated heterocycles. The molecule has 3 rings (SSSR count). The normalized spacial score (nSPS) is 13.9. The fourth-order valence-electron chi connectivity index (χ4n) is 4.64. The van der Waals surface area contributed by atoms with E-state index in [1.807, 2.05) is 39.2 Å². The van der Waals surface area contributed by atoms with Crippen molar-refractivity contribution in [2.45, 2.75) is 71.0 Å². The summed E-state index contributed by atoms with van der Waals surface area (Å²) in [5, 5.41) is 5.89. The van der Waals surface area contributed by atoms with Crippen LogP contribution in [-0.4, -0.2) is 48.9 Å². The van der Waals surface area contributed by atoms with E-state index in [-0.39, 0.29) is 23.9 Å². The minimum atomic E-state index is -0.243. The number of benzene rings is 1. The highest BCUT2D eigenvalue weighted by atomic mass is 32.2. The lowest BCUT2D eigenvalue weighted by atomic mass is 9.98. The van der Waals surface area contributed by atoms with Crippen molar-refractivity contribution in [3.63, 3.8) is 0 Å². The molecule has 1 aromatic carbocycles. The molecule has 196 valence electrons. The molecule has 0 spiro atoms. The monoisotopic (exact) mass is 514 g/mol. The van der Waals surface area contributed by atoms with Crippen LogP contribution in [0.4, 0.5) is 5.69 Å². The third-order valence-electron chi connectivity index (χ3n) is 6.65. The summed E-state index contributed by atoms with van der Waals surface area (Å²) in [5.74, 6) is -0.282. The van der Waals surface area contributed by atoms with E-state index in [4.69, 9.17) is 4.74 Å². The molecule has 2 amide bonds. The number of aryl methyl sites for hydroxylation is 1. The third-order valence-corrected chi connectivity index (χ3v) is 7.46. The quantitative estimate of drug-likeness (QED) is 0.418. The number of H-pyrrole nitrogens is 1. The Bertz CT molecular complexity index is 1140. The lowest BCUT2D eigenvalue weighted by molar-refractivity contribution is -0.120. The zero-order valence-corrected chi connectivity index (χ0v) is 22.8. The molecule has 3 N–H and O–H groups in total. The van der Waals surface area contributed by atoms with Crippen molar-refractivity contribution in [2.75, 3.05) is 30.9 Å². The van der Waals surface area contributed by atoms with E-state index in [0.717, 1.165) is 60.0 Å². The van der Waals surface area contributed by atoms with E-state index in [0.29, 0.717) is 30.1 Å². The summed E-state index contributed by atoms with van der Waals surface area (Å²) in [6.07, 6.45) is 4.18. The summed E-state index contributed by atoms with van der Waals surface area (Å²) in [5.41, 5.74) is 4.44. The zero-order valence-electron chi connectivity index (χ0n) is 22.0. The van der Waals surface area contributed by atoms with Crippen molar-refractivity contribution in [1.29, 1.82) is 0 Å². The maximum Gasteiger partial charge on any atom is 0.254 e. The number of nitrogens with one attached hydrogen (secondary N) is 3. The molecule has 2 aromatic rings. The number of nitrogens with zero attached hydrogens (tertiary/aromatic N) is 1. The Labute approximate surface area is 217 Å².